The molecule has 0 aliphatic carbocycles. The summed E-state index contributed by atoms with van der Waals surface area (Å²) in [5.41, 5.74) is 1.36. The number of nitrogens with zero attached hydrogens (tertiary/aromatic N) is 1. The Morgan fingerprint density at radius 2 is 2.08 bits per heavy atom. The molecule has 0 fully saturated rings. The molecule has 0 aliphatic rings. The van der Waals surface area contributed by atoms with Gasteiger partial charge in [-0.3, -0.25) is 2.78 Å². The maximum atomic E-state index is 2.36. The molecule has 2 rings (SSSR count). The third kappa shape index (κ3) is 1.31. The first-order valence-corrected chi connectivity index (χ1v) is 6.11. The van der Waals surface area contributed by atoms with Crippen molar-refractivity contribution >= 4 is 35.9 Å². The zero-order chi connectivity index (χ0) is 8.39. The Balaban J connectivity index is 2.70. The smallest absolute Gasteiger partial charge is 0.0572 e. The number of aromatic nitrogens is 1. The highest BCUT2D eigenvalue weighted by Gasteiger charge is 1.94. The fourth-order valence-electron chi connectivity index (χ4n) is 1.24. The second-order valence-electron chi connectivity index (χ2n) is 2.50. The highest BCUT2D eigenvalue weighted by atomic mass is 127. The van der Waals surface area contributed by atoms with Gasteiger partial charge in [-0.2, -0.15) is 0 Å². The van der Waals surface area contributed by atoms with Crippen LogP contribution in [-0.4, -0.2) is 6.79 Å². The molecule has 12 heavy (non-hydrogen) atoms. The number of hydrogen-bond donors (Lipinski definition) is 0. The Bertz CT molecular complexity index is 414. The van der Waals surface area contributed by atoms with Crippen LogP contribution in [-0.2, 0) is 0 Å². The number of hydrogen-bond acceptors (Lipinski definition) is 0. The van der Waals surface area contributed by atoms with Crippen LogP contribution in [0.4, 0.5) is 0 Å². The van der Waals surface area contributed by atoms with E-state index in [-0.39, 0.29) is 21.0 Å². The lowest BCUT2D eigenvalue weighted by Gasteiger charge is -1.94. The minimum Gasteiger partial charge on any atom is -0.295 e. The van der Waals surface area contributed by atoms with Crippen molar-refractivity contribution in [2.75, 3.05) is 0 Å². The summed E-state index contributed by atoms with van der Waals surface area (Å²) < 4.78 is 4.62. The van der Waals surface area contributed by atoms with Gasteiger partial charge in [0.2, 0.25) is 0 Å². The summed E-state index contributed by atoms with van der Waals surface area (Å²) in [7, 11) is 0. The van der Waals surface area contributed by atoms with Crippen molar-refractivity contribution in [3.05, 3.63) is 36.5 Å². The largest absolute Gasteiger partial charge is 0.295 e. The van der Waals surface area contributed by atoms with E-state index in [9.17, 15) is 0 Å². The van der Waals surface area contributed by atoms with Crippen molar-refractivity contribution in [3.63, 3.8) is 0 Å². The minimum atomic E-state index is 0.0570. The normalized spacial score (nSPS) is 12.1. The van der Waals surface area contributed by atoms with Crippen molar-refractivity contribution in [1.29, 1.82) is 0 Å². The van der Waals surface area contributed by atoms with Crippen LogP contribution in [0.15, 0.2) is 36.5 Å². The molecular weight excluding hydrogens is 261 g/mol. The van der Waals surface area contributed by atoms with Crippen molar-refractivity contribution in [2.45, 2.75) is 6.92 Å². The molecule has 0 unspecified atom stereocenters. The lowest BCUT2D eigenvalue weighted by Crippen LogP contribution is -1.75. The number of rotatable bonds is 1. The Morgan fingerprint density at radius 1 is 1.25 bits per heavy atom. The summed E-state index contributed by atoms with van der Waals surface area (Å²) in [4.78, 5) is 0. The first-order chi connectivity index (χ1) is 5.92. The van der Waals surface area contributed by atoms with Crippen LogP contribution in [0.5, 0.6) is 0 Å². The lowest BCUT2D eigenvalue weighted by atomic mass is 10.3. The minimum absolute atomic E-state index is 0.0570. The molecule has 2 heteroatoms. The van der Waals surface area contributed by atoms with Crippen molar-refractivity contribution in [2.24, 2.45) is 0 Å². The topological polar surface area (TPSA) is 4.93 Å². The van der Waals surface area contributed by atoms with Gasteiger partial charge in [0.1, 0.15) is 0 Å². The van der Waals surface area contributed by atoms with Gasteiger partial charge in [-0.15, -0.1) is 0 Å². The van der Waals surface area contributed by atoms with Gasteiger partial charge in [0, 0.05) is 11.6 Å². The van der Waals surface area contributed by atoms with Gasteiger partial charge < -0.3 is 0 Å². The van der Waals surface area contributed by atoms with Crippen molar-refractivity contribution in [3.8, 4) is 0 Å². The Kier molecular flexibility index (Phi) is 2.26. The van der Waals surface area contributed by atoms with Gasteiger partial charge in [0.25, 0.3) is 0 Å². The van der Waals surface area contributed by atoms with Crippen LogP contribution < -0.4 is 0 Å². The van der Waals surface area contributed by atoms with E-state index in [1.807, 2.05) is 0 Å². The Labute approximate surface area is 82.1 Å². The Morgan fingerprint density at radius 3 is 2.92 bits per heavy atom. The standard InChI is InChI=1S/C10H10IN/c1-2-11-12-8-7-9-5-3-4-6-10(9)12/h2-8H,1H3. The van der Waals surface area contributed by atoms with E-state index in [1.54, 1.807) is 0 Å². The van der Waals surface area contributed by atoms with E-state index in [4.69, 9.17) is 0 Å². The van der Waals surface area contributed by atoms with Crippen molar-refractivity contribution < 1.29 is 0 Å². The number of fused-ring (bicyclic) bond motifs is 1. The molecule has 1 heterocycles. The zero-order valence-corrected chi connectivity index (χ0v) is 9.02. The van der Waals surface area contributed by atoms with Gasteiger partial charge in [0.05, 0.1) is 5.52 Å². The molecule has 1 aromatic carbocycles. The summed E-state index contributed by atoms with van der Waals surface area (Å²) in [6.45, 7) is 2.13. The van der Waals surface area contributed by atoms with Gasteiger partial charge in [-0.05, 0) is 44.1 Å². The van der Waals surface area contributed by atoms with E-state index in [0.29, 0.717) is 0 Å². The molecule has 1 nitrogen and oxygen atoms in total. The summed E-state index contributed by atoms with van der Waals surface area (Å²) in [6.07, 6.45) is 2.18. The second-order valence-corrected chi connectivity index (χ2v) is 5.34. The van der Waals surface area contributed by atoms with Crippen LogP contribution >= 0.6 is 21.0 Å². The van der Waals surface area contributed by atoms with E-state index in [1.165, 1.54) is 10.9 Å². The second kappa shape index (κ2) is 3.39. The summed E-state index contributed by atoms with van der Waals surface area (Å²) in [5, 5.41) is 1.35. The van der Waals surface area contributed by atoms with E-state index in [0.717, 1.165) is 0 Å². The van der Waals surface area contributed by atoms with Crippen LogP contribution in [0, 0.1) is 0 Å². The van der Waals surface area contributed by atoms with Crippen LogP contribution in [0.2, 0.25) is 0 Å². The molecule has 0 saturated heterocycles. The third-order valence-corrected chi connectivity index (χ3v) is 3.75. The molecule has 0 saturated carbocycles. The van der Waals surface area contributed by atoms with Crippen LogP contribution in [0.1, 0.15) is 6.92 Å². The van der Waals surface area contributed by atoms with Gasteiger partial charge in [-0.1, -0.05) is 18.2 Å². The molecule has 1 aromatic heterocycles. The molecule has 0 N–H and O–H groups in total. The molecule has 0 bridgehead atoms. The van der Waals surface area contributed by atoms with Crippen molar-refractivity contribution in [1.82, 2.24) is 2.78 Å². The number of para-hydroxylation sites is 1. The molecule has 0 atom stereocenters. The third-order valence-electron chi connectivity index (χ3n) is 1.75. The predicted octanol–water partition coefficient (Wildman–Crippen LogP) is 3.20. The summed E-state index contributed by atoms with van der Waals surface area (Å²) in [5.74, 6) is 0. The summed E-state index contributed by atoms with van der Waals surface area (Å²) in [6, 6.07) is 10.7. The molecular formula is C10H10IN. The number of benzene rings is 1. The molecule has 0 aliphatic heterocycles. The number of halogens is 1. The fourth-order valence-corrected chi connectivity index (χ4v) is 2.93. The van der Waals surface area contributed by atoms with E-state index >= 15 is 0 Å². The van der Waals surface area contributed by atoms with Crippen LogP contribution in [0.3, 0.4) is 0 Å². The fraction of sp³-hybridized carbons (Fsp3) is 0.100. The first kappa shape index (κ1) is 7.98. The lowest BCUT2D eigenvalue weighted by molar-refractivity contribution is 1.42. The molecule has 2 aromatic rings. The van der Waals surface area contributed by atoms with Gasteiger partial charge in [-0.25, -0.2) is 0 Å². The van der Waals surface area contributed by atoms with E-state index < -0.39 is 0 Å². The highest BCUT2D eigenvalue weighted by Crippen LogP contribution is 2.19. The maximum absolute atomic E-state index is 2.36. The molecule has 0 spiro atoms. The SMILES string of the molecule is CC=In1ccc2ccccc21. The van der Waals surface area contributed by atoms with Crippen LogP contribution in [0.25, 0.3) is 10.9 Å². The molecule has 0 amide bonds. The van der Waals surface area contributed by atoms with Gasteiger partial charge >= 0.3 is 0 Å². The average Bonchev–Trinajstić information content (AvgIpc) is 2.50. The van der Waals surface area contributed by atoms with E-state index in [2.05, 4.69) is 50.2 Å². The zero-order valence-electron chi connectivity index (χ0n) is 6.87. The first-order valence-electron chi connectivity index (χ1n) is 3.90. The molecule has 0 radical (unpaired) electrons. The maximum Gasteiger partial charge on any atom is 0.0572 e. The predicted molar refractivity (Wildman–Crippen MR) is 63.1 cm³/mol. The monoisotopic (exact) mass is 271 g/mol. The summed E-state index contributed by atoms with van der Waals surface area (Å²) >= 11 is 0.0570. The quantitative estimate of drug-likeness (QED) is 0.702. The van der Waals surface area contributed by atoms with Gasteiger partial charge in [0.15, 0.2) is 0 Å². The Hall–Kier alpha value is -0.640. The highest BCUT2D eigenvalue weighted by molar-refractivity contribution is 14.2. The molecule has 62 valence electrons. The average molecular weight is 271 g/mol.